The van der Waals surface area contributed by atoms with E-state index in [4.69, 9.17) is 5.26 Å². The Hall–Kier alpha value is -2.32. The first-order valence-electron chi connectivity index (χ1n) is 6.65. The van der Waals surface area contributed by atoms with Crippen LogP contribution in [0.2, 0.25) is 0 Å². The molecule has 0 bridgehead atoms. The van der Waals surface area contributed by atoms with Gasteiger partial charge in [0.15, 0.2) is 0 Å². The number of carboxylic acid groups (broad SMARTS) is 1. The molecular weight excluding hydrogens is 301 g/mol. The SMILES string of the molecule is CC(C#N)c1ccc(SC(C(=O)O)c2ccc(F)cc2)cc1. The number of carboxylic acids is 1. The van der Waals surface area contributed by atoms with E-state index >= 15 is 0 Å². The van der Waals surface area contributed by atoms with Crippen molar-refractivity contribution in [3.05, 3.63) is 65.5 Å². The summed E-state index contributed by atoms with van der Waals surface area (Å²) in [6, 6.07) is 14.9. The van der Waals surface area contributed by atoms with E-state index < -0.39 is 17.0 Å². The monoisotopic (exact) mass is 315 g/mol. The minimum absolute atomic E-state index is 0.202. The first-order chi connectivity index (χ1) is 10.5. The van der Waals surface area contributed by atoms with Crippen molar-refractivity contribution in [3.63, 3.8) is 0 Å². The van der Waals surface area contributed by atoms with Gasteiger partial charge in [0.25, 0.3) is 0 Å². The molecule has 0 aliphatic rings. The molecule has 0 fully saturated rings. The molecule has 2 unspecified atom stereocenters. The van der Waals surface area contributed by atoms with Crippen LogP contribution < -0.4 is 0 Å². The lowest BCUT2D eigenvalue weighted by Gasteiger charge is -2.13. The van der Waals surface area contributed by atoms with Gasteiger partial charge in [0, 0.05) is 4.90 Å². The first-order valence-corrected chi connectivity index (χ1v) is 7.53. The quantitative estimate of drug-likeness (QED) is 0.832. The molecule has 3 nitrogen and oxygen atoms in total. The van der Waals surface area contributed by atoms with Crippen molar-refractivity contribution in [2.45, 2.75) is 23.0 Å². The summed E-state index contributed by atoms with van der Waals surface area (Å²) in [4.78, 5) is 12.2. The number of hydrogen-bond acceptors (Lipinski definition) is 3. The van der Waals surface area contributed by atoms with Crippen LogP contribution in [0.25, 0.3) is 0 Å². The average molecular weight is 315 g/mol. The molecule has 22 heavy (non-hydrogen) atoms. The second kappa shape index (κ2) is 7.10. The predicted molar refractivity (Wildman–Crippen MR) is 83.1 cm³/mol. The molecule has 2 aromatic carbocycles. The molecule has 5 heteroatoms. The van der Waals surface area contributed by atoms with Crippen molar-refractivity contribution >= 4 is 17.7 Å². The average Bonchev–Trinajstić information content (AvgIpc) is 2.53. The maximum absolute atomic E-state index is 13.0. The molecule has 0 saturated heterocycles. The van der Waals surface area contributed by atoms with Crippen LogP contribution in [0.3, 0.4) is 0 Å². The zero-order valence-electron chi connectivity index (χ0n) is 11.9. The summed E-state index contributed by atoms with van der Waals surface area (Å²) in [5.41, 5.74) is 1.42. The summed E-state index contributed by atoms with van der Waals surface area (Å²) in [7, 11) is 0. The van der Waals surface area contributed by atoms with Gasteiger partial charge in [-0.2, -0.15) is 5.26 Å². The van der Waals surface area contributed by atoms with Gasteiger partial charge >= 0.3 is 5.97 Å². The number of nitrogens with zero attached hydrogens (tertiary/aromatic N) is 1. The lowest BCUT2D eigenvalue weighted by molar-refractivity contribution is -0.136. The Kier molecular flexibility index (Phi) is 5.18. The van der Waals surface area contributed by atoms with Gasteiger partial charge in [0.1, 0.15) is 11.1 Å². The van der Waals surface area contributed by atoms with Crippen LogP contribution in [0.5, 0.6) is 0 Å². The number of aliphatic carboxylic acids is 1. The second-order valence-corrected chi connectivity index (χ2v) is 5.99. The van der Waals surface area contributed by atoms with Crippen molar-refractivity contribution in [1.82, 2.24) is 0 Å². The van der Waals surface area contributed by atoms with Crippen LogP contribution in [0.15, 0.2) is 53.4 Å². The molecule has 2 rings (SSSR count). The van der Waals surface area contributed by atoms with Crippen LogP contribution in [0, 0.1) is 17.1 Å². The molecule has 0 saturated carbocycles. The molecule has 1 N–H and O–H groups in total. The summed E-state index contributed by atoms with van der Waals surface area (Å²) in [5, 5.41) is 17.5. The highest BCUT2D eigenvalue weighted by molar-refractivity contribution is 8.00. The van der Waals surface area contributed by atoms with E-state index in [-0.39, 0.29) is 5.92 Å². The minimum Gasteiger partial charge on any atom is -0.480 e. The van der Waals surface area contributed by atoms with Crippen LogP contribution in [-0.4, -0.2) is 11.1 Å². The molecule has 2 aromatic rings. The normalized spacial score (nSPS) is 13.1. The molecule has 0 aromatic heterocycles. The number of hydrogen-bond donors (Lipinski definition) is 1. The fourth-order valence-corrected chi connectivity index (χ4v) is 2.90. The van der Waals surface area contributed by atoms with Gasteiger partial charge in [0.05, 0.1) is 12.0 Å². The molecule has 0 aliphatic heterocycles. The van der Waals surface area contributed by atoms with Crippen LogP contribution in [0.4, 0.5) is 4.39 Å². The molecular formula is C17H14FNO2S. The van der Waals surface area contributed by atoms with Crippen LogP contribution >= 0.6 is 11.8 Å². The van der Waals surface area contributed by atoms with E-state index in [1.165, 1.54) is 36.0 Å². The van der Waals surface area contributed by atoms with Crippen LogP contribution in [-0.2, 0) is 4.79 Å². The molecule has 0 radical (unpaired) electrons. The Balaban J connectivity index is 2.20. The highest BCUT2D eigenvalue weighted by Gasteiger charge is 2.21. The van der Waals surface area contributed by atoms with Crippen molar-refractivity contribution in [2.24, 2.45) is 0 Å². The van der Waals surface area contributed by atoms with Crippen molar-refractivity contribution < 1.29 is 14.3 Å². The summed E-state index contributed by atoms with van der Waals surface area (Å²) >= 11 is 1.18. The molecule has 0 spiro atoms. The van der Waals surface area contributed by atoms with E-state index in [9.17, 15) is 14.3 Å². The highest BCUT2D eigenvalue weighted by atomic mass is 32.2. The number of benzene rings is 2. The summed E-state index contributed by atoms with van der Waals surface area (Å²) < 4.78 is 13.0. The first kappa shape index (κ1) is 16.1. The lowest BCUT2D eigenvalue weighted by Crippen LogP contribution is -2.07. The number of halogens is 1. The predicted octanol–water partition coefficient (Wildman–Crippen LogP) is 4.37. The maximum Gasteiger partial charge on any atom is 0.321 e. The standard InChI is InChI=1S/C17H14FNO2S/c1-11(10-19)12-4-8-15(9-5-12)22-16(17(20)21)13-2-6-14(18)7-3-13/h2-9,11,16H,1H3,(H,20,21). The largest absolute Gasteiger partial charge is 0.480 e. The Bertz CT molecular complexity index is 692. The fraction of sp³-hybridized carbons (Fsp3) is 0.176. The van der Waals surface area contributed by atoms with E-state index in [0.717, 1.165) is 10.5 Å². The third-order valence-corrected chi connectivity index (χ3v) is 4.48. The van der Waals surface area contributed by atoms with Gasteiger partial charge in [-0.1, -0.05) is 24.3 Å². The summed E-state index contributed by atoms with van der Waals surface area (Å²) in [6.45, 7) is 1.81. The van der Waals surface area contributed by atoms with E-state index in [2.05, 4.69) is 6.07 Å². The van der Waals surface area contributed by atoms with Crippen molar-refractivity contribution in [3.8, 4) is 6.07 Å². The Morgan fingerprint density at radius 3 is 2.18 bits per heavy atom. The number of rotatable bonds is 5. The Morgan fingerprint density at radius 2 is 1.68 bits per heavy atom. The highest BCUT2D eigenvalue weighted by Crippen LogP contribution is 2.36. The molecule has 112 valence electrons. The summed E-state index contributed by atoms with van der Waals surface area (Å²) in [6.07, 6.45) is 0. The molecule has 0 amide bonds. The zero-order valence-corrected chi connectivity index (χ0v) is 12.7. The van der Waals surface area contributed by atoms with E-state index in [0.29, 0.717) is 5.56 Å². The molecule has 0 heterocycles. The second-order valence-electron chi connectivity index (χ2n) is 4.81. The van der Waals surface area contributed by atoms with Gasteiger partial charge in [0.2, 0.25) is 0 Å². The number of thioether (sulfide) groups is 1. The van der Waals surface area contributed by atoms with Gasteiger partial charge in [-0.05, 0) is 42.3 Å². The van der Waals surface area contributed by atoms with Gasteiger partial charge in [-0.15, -0.1) is 11.8 Å². The van der Waals surface area contributed by atoms with Crippen molar-refractivity contribution in [2.75, 3.05) is 0 Å². The Morgan fingerprint density at radius 1 is 1.14 bits per heavy atom. The van der Waals surface area contributed by atoms with E-state index in [1.54, 1.807) is 19.1 Å². The third kappa shape index (κ3) is 3.86. The zero-order chi connectivity index (χ0) is 16.1. The number of carbonyl (C=O) groups is 1. The molecule has 2 atom stereocenters. The van der Waals surface area contributed by atoms with Gasteiger partial charge in [-0.3, -0.25) is 4.79 Å². The van der Waals surface area contributed by atoms with Crippen molar-refractivity contribution in [1.29, 1.82) is 5.26 Å². The number of nitriles is 1. The Labute approximate surface area is 132 Å². The topological polar surface area (TPSA) is 61.1 Å². The van der Waals surface area contributed by atoms with Gasteiger partial charge in [-0.25, -0.2) is 4.39 Å². The van der Waals surface area contributed by atoms with Crippen LogP contribution in [0.1, 0.15) is 29.2 Å². The smallest absolute Gasteiger partial charge is 0.321 e. The fourth-order valence-electron chi connectivity index (χ4n) is 1.94. The molecule has 0 aliphatic carbocycles. The lowest BCUT2D eigenvalue weighted by atomic mass is 10.0. The third-order valence-electron chi connectivity index (χ3n) is 3.22. The summed E-state index contributed by atoms with van der Waals surface area (Å²) in [5.74, 6) is -1.58. The minimum atomic E-state index is -0.980. The van der Waals surface area contributed by atoms with Gasteiger partial charge < -0.3 is 5.11 Å². The van der Waals surface area contributed by atoms with E-state index in [1.807, 2.05) is 12.1 Å². The maximum atomic E-state index is 13.0.